The Hall–Kier alpha value is -2.25. The highest BCUT2D eigenvalue weighted by molar-refractivity contribution is 6.30. The standard InChI is InChI=1S/C16H23Cl.C10H13N.C2H6.C2H4/c1-6-12(2)7-8-16(4,5)14-9-13(3)10-15(17)11-14;1-7(2)9-4-5-10(11)8(3)6-9;2*1-2/h6,9-12H,1,7-8H2,2-5H3;4-6H,1,11H2,2-3H3;1-2H3;1-2H2. The molecular formula is C30H46ClN. The number of anilines is 1. The third-order valence-electron chi connectivity index (χ3n) is 5.21. The monoisotopic (exact) mass is 455 g/mol. The fraction of sp³-hybridized carbons (Fsp3) is 0.400. The zero-order chi connectivity index (χ0) is 25.5. The van der Waals surface area contributed by atoms with Crippen LogP contribution >= 0.6 is 11.6 Å². The molecule has 2 aromatic carbocycles. The first kappa shape index (κ1) is 31.9. The third-order valence-corrected chi connectivity index (χ3v) is 5.43. The van der Waals surface area contributed by atoms with Crippen LogP contribution in [0, 0.1) is 19.8 Å². The number of nitrogens with two attached hydrogens (primary N) is 1. The first-order chi connectivity index (χ1) is 15.0. The summed E-state index contributed by atoms with van der Waals surface area (Å²) in [5, 5.41) is 0.838. The van der Waals surface area contributed by atoms with Gasteiger partial charge in [-0.3, -0.25) is 0 Å². The molecule has 0 aliphatic rings. The molecule has 2 N–H and O–H groups in total. The highest BCUT2D eigenvalue weighted by atomic mass is 35.5. The molecule has 178 valence electrons. The van der Waals surface area contributed by atoms with Gasteiger partial charge in [-0.25, -0.2) is 0 Å². The lowest BCUT2D eigenvalue weighted by Gasteiger charge is -2.27. The summed E-state index contributed by atoms with van der Waals surface area (Å²) in [5.41, 5.74) is 12.6. The first-order valence-electron chi connectivity index (χ1n) is 11.4. The van der Waals surface area contributed by atoms with Gasteiger partial charge in [0.15, 0.2) is 0 Å². The highest BCUT2D eigenvalue weighted by Crippen LogP contribution is 2.32. The van der Waals surface area contributed by atoms with E-state index in [1.807, 2.05) is 52.0 Å². The summed E-state index contributed by atoms with van der Waals surface area (Å²) in [6.45, 7) is 30.6. The minimum atomic E-state index is 0.174. The molecule has 0 fully saturated rings. The van der Waals surface area contributed by atoms with Crippen molar-refractivity contribution in [1.82, 2.24) is 0 Å². The zero-order valence-electron chi connectivity index (χ0n) is 21.8. The fourth-order valence-corrected chi connectivity index (χ4v) is 3.21. The van der Waals surface area contributed by atoms with Crippen LogP contribution in [0.5, 0.6) is 0 Å². The lowest BCUT2D eigenvalue weighted by atomic mass is 9.78. The van der Waals surface area contributed by atoms with Crippen molar-refractivity contribution in [2.24, 2.45) is 5.92 Å². The van der Waals surface area contributed by atoms with E-state index in [0.29, 0.717) is 5.92 Å². The molecule has 0 heterocycles. The Morgan fingerprint density at radius 2 is 1.66 bits per heavy atom. The molecule has 32 heavy (non-hydrogen) atoms. The molecule has 1 atom stereocenters. The molecule has 1 nitrogen and oxygen atoms in total. The second-order valence-electron chi connectivity index (χ2n) is 8.50. The van der Waals surface area contributed by atoms with Crippen molar-refractivity contribution in [3.05, 3.63) is 96.1 Å². The molecule has 2 heteroatoms. The lowest BCUT2D eigenvalue weighted by Crippen LogP contribution is -2.18. The molecule has 0 saturated carbocycles. The SMILES string of the molecule is C=C.C=C(C)c1ccc(N)c(C)c1.C=CC(C)CCC(C)(C)c1cc(C)cc(Cl)c1.CC. The minimum Gasteiger partial charge on any atom is -0.399 e. The van der Waals surface area contributed by atoms with E-state index in [1.165, 1.54) is 17.5 Å². The van der Waals surface area contributed by atoms with Crippen LogP contribution in [0.2, 0.25) is 5.02 Å². The third kappa shape index (κ3) is 12.0. The van der Waals surface area contributed by atoms with Gasteiger partial charge in [-0.05, 0) is 91.5 Å². The van der Waals surface area contributed by atoms with E-state index in [9.17, 15) is 0 Å². The number of benzene rings is 2. The molecule has 0 amide bonds. The van der Waals surface area contributed by atoms with E-state index in [4.69, 9.17) is 17.3 Å². The Kier molecular flexibility index (Phi) is 16.4. The summed E-state index contributed by atoms with van der Waals surface area (Å²) in [6, 6.07) is 12.3. The van der Waals surface area contributed by atoms with Gasteiger partial charge in [-0.15, -0.1) is 19.7 Å². The Morgan fingerprint density at radius 3 is 2.09 bits per heavy atom. The fourth-order valence-electron chi connectivity index (χ4n) is 2.92. The van der Waals surface area contributed by atoms with Crippen LogP contribution in [0.1, 0.15) is 76.6 Å². The van der Waals surface area contributed by atoms with Crippen molar-refractivity contribution in [3.63, 3.8) is 0 Å². The van der Waals surface area contributed by atoms with Crippen LogP contribution in [-0.2, 0) is 5.41 Å². The number of halogens is 1. The van der Waals surface area contributed by atoms with Crippen molar-refractivity contribution in [2.45, 2.75) is 73.6 Å². The number of nitrogen functional groups attached to an aromatic ring is 1. The van der Waals surface area contributed by atoms with E-state index in [2.05, 4.69) is 72.2 Å². The van der Waals surface area contributed by atoms with Gasteiger partial charge >= 0.3 is 0 Å². The zero-order valence-corrected chi connectivity index (χ0v) is 22.6. The van der Waals surface area contributed by atoms with Crippen LogP contribution < -0.4 is 5.73 Å². The van der Waals surface area contributed by atoms with Crippen LogP contribution in [0.15, 0.2) is 68.8 Å². The van der Waals surface area contributed by atoms with E-state index in [1.54, 1.807) is 0 Å². The number of hydrogen-bond acceptors (Lipinski definition) is 1. The molecule has 0 bridgehead atoms. The van der Waals surface area contributed by atoms with Gasteiger partial charge in [0, 0.05) is 10.7 Å². The van der Waals surface area contributed by atoms with Crippen molar-refractivity contribution < 1.29 is 0 Å². The normalized spacial score (nSPS) is 10.8. The average Bonchev–Trinajstić information content (AvgIpc) is 2.76. The molecular weight excluding hydrogens is 410 g/mol. The maximum absolute atomic E-state index is 6.13. The van der Waals surface area contributed by atoms with Gasteiger partial charge in [-0.1, -0.05) is 76.6 Å². The summed E-state index contributed by atoms with van der Waals surface area (Å²) in [4.78, 5) is 0. The molecule has 0 radical (unpaired) electrons. The van der Waals surface area contributed by atoms with Crippen LogP contribution in [0.25, 0.3) is 5.57 Å². The molecule has 0 aliphatic carbocycles. The summed E-state index contributed by atoms with van der Waals surface area (Å²) < 4.78 is 0. The number of aryl methyl sites for hydroxylation is 2. The van der Waals surface area contributed by atoms with E-state index >= 15 is 0 Å². The quantitative estimate of drug-likeness (QED) is 0.340. The smallest absolute Gasteiger partial charge is 0.0411 e. The summed E-state index contributed by atoms with van der Waals surface area (Å²) in [5.74, 6) is 0.578. The Balaban J connectivity index is 0. The van der Waals surface area contributed by atoms with E-state index < -0.39 is 0 Å². The molecule has 0 aliphatic heterocycles. The Morgan fingerprint density at radius 1 is 1.09 bits per heavy atom. The maximum Gasteiger partial charge on any atom is 0.0411 e. The van der Waals surface area contributed by atoms with Crippen molar-refractivity contribution in [3.8, 4) is 0 Å². The predicted molar refractivity (Wildman–Crippen MR) is 151 cm³/mol. The van der Waals surface area contributed by atoms with Gasteiger partial charge in [0.1, 0.15) is 0 Å². The number of rotatable bonds is 6. The van der Waals surface area contributed by atoms with Crippen LogP contribution in [-0.4, -0.2) is 0 Å². The second-order valence-corrected chi connectivity index (χ2v) is 8.94. The topological polar surface area (TPSA) is 26.0 Å². The highest BCUT2D eigenvalue weighted by Gasteiger charge is 2.21. The van der Waals surface area contributed by atoms with Gasteiger partial charge < -0.3 is 5.73 Å². The van der Waals surface area contributed by atoms with Crippen molar-refractivity contribution in [2.75, 3.05) is 5.73 Å². The number of hydrogen-bond donors (Lipinski definition) is 1. The Labute approximate surface area is 204 Å². The van der Waals surface area contributed by atoms with Gasteiger partial charge in [0.2, 0.25) is 0 Å². The molecule has 1 unspecified atom stereocenters. The van der Waals surface area contributed by atoms with Crippen LogP contribution in [0.3, 0.4) is 0 Å². The molecule has 0 saturated heterocycles. The average molecular weight is 456 g/mol. The van der Waals surface area contributed by atoms with E-state index in [0.717, 1.165) is 33.8 Å². The lowest BCUT2D eigenvalue weighted by molar-refractivity contribution is 0.430. The molecule has 2 aromatic rings. The summed E-state index contributed by atoms with van der Waals surface area (Å²) >= 11 is 6.13. The molecule has 0 spiro atoms. The van der Waals surface area contributed by atoms with Crippen molar-refractivity contribution in [1.29, 1.82) is 0 Å². The number of allylic oxidation sites excluding steroid dienone is 2. The largest absolute Gasteiger partial charge is 0.399 e. The van der Waals surface area contributed by atoms with Crippen molar-refractivity contribution >= 4 is 22.9 Å². The first-order valence-corrected chi connectivity index (χ1v) is 11.8. The maximum atomic E-state index is 6.13. The van der Waals surface area contributed by atoms with Crippen LogP contribution in [0.4, 0.5) is 5.69 Å². The molecule has 2 rings (SSSR count). The second kappa shape index (κ2) is 16.4. The van der Waals surface area contributed by atoms with Gasteiger partial charge in [0.05, 0.1) is 0 Å². The Bertz CT molecular complexity index is 812. The predicted octanol–water partition coefficient (Wildman–Crippen LogP) is 9.97. The summed E-state index contributed by atoms with van der Waals surface area (Å²) in [6.07, 6.45) is 4.35. The molecule has 0 aromatic heterocycles. The summed E-state index contributed by atoms with van der Waals surface area (Å²) in [7, 11) is 0. The van der Waals surface area contributed by atoms with Gasteiger partial charge in [0.25, 0.3) is 0 Å². The van der Waals surface area contributed by atoms with E-state index in [-0.39, 0.29) is 5.41 Å². The van der Waals surface area contributed by atoms with Gasteiger partial charge in [-0.2, -0.15) is 0 Å². The minimum absolute atomic E-state index is 0.174.